The van der Waals surface area contributed by atoms with Gasteiger partial charge in [-0.25, -0.2) is 0 Å². The summed E-state index contributed by atoms with van der Waals surface area (Å²) in [5, 5.41) is 23.6. The predicted octanol–water partition coefficient (Wildman–Crippen LogP) is 3.00. The molecule has 0 aromatic heterocycles. The van der Waals surface area contributed by atoms with E-state index < -0.39 is 6.10 Å². The number of ether oxygens (including phenoxy) is 1. The molecule has 2 atom stereocenters. The highest BCUT2D eigenvalue weighted by atomic mass is 16.5. The highest BCUT2D eigenvalue weighted by molar-refractivity contribution is 5.45. The molecule has 2 aromatic rings. The molecule has 4 heteroatoms. The van der Waals surface area contributed by atoms with Crippen LogP contribution >= 0.6 is 0 Å². The van der Waals surface area contributed by atoms with Crippen LogP contribution in [-0.4, -0.2) is 23.4 Å². The molecule has 0 aliphatic carbocycles. The number of aliphatic hydroxyl groups is 1. The van der Waals surface area contributed by atoms with E-state index in [1.165, 1.54) is 7.11 Å². The SMILES string of the molecule is COc1cccc(CNC(C)CC(O)c2ccccc2)c1O. The fraction of sp³-hybridized carbons (Fsp3) is 0.333. The number of hydrogen-bond donors (Lipinski definition) is 3. The second-order valence-electron chi connectivity index (χ2n) is 5.41. The molecule has 0 spiro atoms. The first-order valence-corrected chi connectivity index (χ1v) is 7.43. The molecule has 0 saturated carbocycles. The molecule has 0 aliphatic heterocycles. The van der Waals surface area contributed by atoms with Gasteiger partial charge in [0.25, 0.3) is 0 Å². The normalized spacial score (nSPS) is 13.6. The molecule has 22 heavy (non-hydrogen) atoms. The van der Waals surface area contributed by atoms with Gasteiger partial charge in [0.2, 0.25) is 0 Å². The smallest absolute Gasteiger partial charge is 0.162 e. The Morgan fingerprint density at radius 2 is 1.82 bits per heavy atom. The van der Waals surface area contributed by atoms with E-state index >= 15 is 0 Å². The zero-order valence-electron chi connectivity index (χ0n) is 13.0. The number of rotatable bonds is 7. The van der Waals surface area contributed by atoms with E-state index in [9.17, 15) is 10.2 Å². The lowest BCUT2D eigenvalue weighted by Crippen LogP contribution is -2.27. The van der Waals surface area contributed by atoms with Crippen molar-refractivity contribution in [3.05, 3.63) is 59.7 Å². The maximum atomic E-state index is 10.2. The molecule has 2 unspecified atom stereocenters. The number of nitrogens with one attached hydrogen (secondary N) is 1. The summed E-state index contributed by atoms with van der Waals surface area (Å²) in [5.41, 5.74) is 1.70. The molecule has 0 amide bonds. The van der Waals surface area contributed by atoms with Crippen LogP contribution in [-0.2, 0) is 6.54 Å². The lowest BCUT2D eigenvalue weighted by molar-refractivity contribution is 0.154. The number of aliphatic hydroxyl groups excluding tert-OH is 1. The lowest BCUT2D eigenvalue weighted by Gasteiger charge is -2.19. The van der Waals surface area contributed by atoms with Crippen molar-refractivity contribution >= 4 is 0 Å². The van der Waals surface area contributed by atoms with Gasteiger partial charge in [-0.1, -0.05) is 42.5 Å². The average Bonchev–Trinajstić information content (AvgIpc) is 2.54. The Hall–Kier alpha value is -2.04. The van der Waals surface area contributed by atoms with Gasteiger partial charge in [-0.05, 0) is 25.0 Å². The van der Waals surface area contributed by atoms with Gasteiger partial charge in [0, 0.05) is 18.2 Å². The molecule has 2 aromatic carbocycles. The van der Waals surface area contributed by atoms with Crippen molar-refractivity contribution in [2.45, 2.75) is 32.0 Å². The summed E-state index contributed by atoms with van der Waals surface area (Å²) in [5.74, 6) is 0.629. The van der Waals surface area contributed by atoms with E-state index in [1.807, 2.05) is 49.4 Å². The lowest BCUT2D eigenvalue weighted by atomic mass is 10.0. The number of para-hydroxylation sites is 1. The molecule has 2 rings (SSSR count). The average molecular weight is 301 g/mol. The van der Waals surface area contributed by atoms with Crippen LogP contribution in [0.1, 0.15) is 30.6 Å². The predicted molar refractivity (Wildman–Crippen MR) is 87.0 cm³/mol. The van der Waals surface area contributed by atoms with Gasteiger partial charge in [0.1, 0.15) is 0 Å². The monoisotopic (exact) mass is 301 g/mol. The number of aromatic hydroxyl groups is 1. The van der Waals surface area contributed by atoms with Gasteiger partial charge in [0.05, 0.1) is 13.2 Å². The fourth-order valence-electron chi connectivity index (χ4n) is 2.39. The second kappa shape index (κ2) is 7.82. The van der Waals surface area contributed by atoms with Crippen LogP contribution in [0.25, 0.3) is 0 Å². The van der Waals surface area contributed by atoms with Crippen molar-refractivity contribution in [1.29, 1.82) is 0 Å². The van der Waals surface area contributed by atoms with E-state index in [4.69, 9.17) is 4.74 Å². The number of phenols is 1. The minimum Gasteiger partial charge on any atom is -0.504 e. The van der Waals surface area contributed by atoms with Crippen molar-refractivity contribution in [3.63, 3.8) is 0 Å². The van der Waals surface area contributed by atoms with Crippen molar-refractivity contribution in [1.82, 2.24) is 5.32 Å². The van der Waals surface area contributed by atoms with Crippen LogP contribution in [0.3, 0.4) is 0 Å². The molecule has 4 nitrogen and oxygen atoms in total. The Labute approximate surface area is 131 Å². The molecular formula is C18H23NO3. The molecular weight excluding hydrogens is 278 g/mol. The fourth-order valence-corrected chi connectivity index (χ4v) is 2.39. The third kappa shape index (κ3) is 4.23. The Morgan fingerprint density at radius 3 is 2.50 bits per heavy atom. The van der Waals surface area contributed by atoms with Crippen LogP contribution < -0.4 is 10.1 Å². The first kappa shape index (κ1) is 16.3. The van der Waals surface area contributed by atoms with Gasteiger partial charge < -0.3 is 20.3 Å². The minimum absolute atomic E-state index is 0.112. The molecule has 0 bridgehead atoms. The zero-order valence-corrected chi connectivity index (χ0v) is 13.0. The summed E-state index contributed by atoms with van der Waals surface area (Å²) in [6, 6.07) is 15.2. The number of phenolic OH excluding ortho intramolecular Hbond substituents is 1. The Kier molecular flexibility index (Phi) is 5.81. The number of benzene rings is 2. The van der Waals surface area contributed by atoms with Crippen LogP contribution in [0.4, 0.5) is 0 Å². The van der Waals surface area contributed by atoms with Crippen LogP contribution in [0.2, 0.25) is 0 Å². The third-order valence-corrected chi connectivity index (χ3v) is 3.70. The van der Waals surface area contributed by atoms with Crippen LogP contribution in [0, 0.1) is 0 Å². The van der Waals surface area contributed by atoms with Gasteiger partial charge >= 0.3 is 0 Å². The Bertz CT molecular complexity index is 586. The third-order valence-electron chi connectivity index (χ3n) is 3.70. The van der Waals surface area contributed by atoms with Gasteiger partial charge in [0.15, 0.2) is 11.5 Å². The van der Waals surface area contributed by atoms with Crippen molar-refractivity contribution < 1.29 is 14.9 Å². The quantitative estimate of drug-likeness (QED) is 0.736. The maximum Gasteiger partial charge on any atom is 0.162 e. The minimum atomic E-state index is -0.498. The largest absolute Gasteiger partial charge is 0.504 e. The summed E-state index contributed by atoms with van der Waals surface area (Å²) >= 11 is 0. The first-order valence-electron chi connectivity index (χ1n) is 7.43. The summed E-state index contributed by atoms with van der Waals surface area (Å²) in [6.45, 7) is 2.54. The van der Waals surface area contributed by atoms with E-state index in [-0.39, 0.29) is 11.8 Å². The first-order chi connectivity index (χ1) is 10.6. The van der Waals surface area contributed by atoms with E-state index in [0.717, 1.165) is 11.1 Å². The molecule has 0 aliphatic rings. The summed E-state index contributed by atoms with van der Waals surface area (Å²) in [4.78, 5) is 0. The molecule has 0 saturated heterocycles. The summed E-state index contributed by atoms with van der Waals surface area (Å²) in [6.07, 6.45) is 0.108. The summed E-state index contributed by atoms with van der Waals surface area (Å²) < 4.78 is 5.10. The second-order valence-corrected chi connectivity index (χ2v) is 5.41. The van der Waals surface area contributed by atoms with E-state index in [0.29, 0.717) is 18.7 Å². The van der Waals surface area contributed by atoms with Gasteiger partial charge in [-0.3, -0.25) is 0 Å². The van der Waals surface area contributed by atoms with Crippen molar-refractivity contribution in [3.8, 4) is 11.5 Å². The molecule has 118 valence electrons. The molecule has 0 radical (unpaired) electrons. The van der Waals surface area contributed by atoms with Crippen LogP contribution in [0.15, 0.2) is 48.5 Å². The standard InChI is InChI=1S/C18H23NO3/c1-13(11-16(20)14-7-4-3-5-8-14)19-12-15-9-6-10-17(22-2)18(15)21/h3-10,13,16,19-21H,11-12H2,1-2H3. The highest BCUT2D eigenvalue weighted by Crippen LogP contribution is 2.29. The topological polar surface area (TPSA) is 61.7 Å². The van der Waals surface area contributed by atoms with Crippen molar-refractivity contribution in [2.24, 2.45) is 0 Å². The van der Waals surface area contributed by atoms with Gasteiger partial charge in [-0.2, -0.15) is 0 Å². The zero-order chi connectivity index (χ0) is 15.9. The Morgan fingerprint density at radius 1 is 1.09 bits per heavy atom. The summed E-state index contributed by atoms with van der Waals surface area (Å²) in [7, 11) is 1.53. The van der Waals surface area contributed by atoms with E-state index in [2.05, 4.69) is 5.32 Å². The maximum absolute atomic E-state index is 10.2. The van der Waals surface area contributed by atoms with Crippen LogP contribution in [0.5, 0.6) is 11.5 Å². The Balaban J connectivity index is 1.89. The van der Waals surface area contributed by atoms with Crippen molar-refractivity contribution in [2.75, 3.05) is 7.11 Å². The molecule has 0 fully saturated rings. The number of methoxy groups -OCH3 is 1. The van der Waals surface area contributed by atoms with E-state index in [1.54, 1.807) is 6.07 Å². The van der Waals surface area contributed by atoms with Gasteiger partial charge in [-0.15, -0.1) is 0 Å². The number of hydrogen-bond acceptors (Lipinski definition) is 4. The molecule has 0 heterocycles. The highest BCUT2D eigenvalue weighted by Gasteiger charge is 2.13. The molecule has 3 N–H and O–H groups in total.